The van der Waals surface area contributed by atoms with Crippen LogP contribution in [0.25, 0.3) is 49.5 Å². The molecule has 2 heterocycles. The van der Waals surface area contributed by atoms with Crippen LogP contribution >= 0.6 is 0 Å². The summed E-state index contributed by atoms with van der Waals surface area (Å²) in [7, 11) is 0. The largest absolute Gasteiger partial charge is 0.456 e. The maximum atomic E-state index is 9.01. The van der Waals surface area contributed by atoms with Gasteiger partial charge >= 0.3 is 0 Å². The summed E-state index contributed by atoms with van der Waals surface area (Å²) in [5.74, 6) is 0. The van der Waals surface area contributed by atoms with Crippen molar-refractivity contribution in [3.8, 4) is 17.2 Å². The van der Waals surface area contributed by atoms with Gasteiger partial charge in [-0.25, -0.2) is 0 Å². The van der Waals surface area contributed by atoms with E-state index in [1.54, 1.807) is 0 Å². The van der Waals surface area contributed by atoms with Gasteiger partial charge in [-0.2, -0.15) is 5.26 Å². The van der Waals surface area contributed by atoms with Crippen molar-refractivity contribution in [2.24, 2.45) is 5.73 Å². The number of benzene rings is 4. The van der Waals surface area contributed by atoms with Crippen LogP contribution in [0.5, 0.6) is 0 Å². The zero-order chi connectivity index (χ0) is 25.2. The second kappa shape index (κ2) is 9.56. The van der Waals surface area contributed by atoms with E-state index in [2.05, 4.69) is 96.3 Å². The van der Waals surface area contributed by atoms with Gasteiger partial charge in [0.2, 0.25) is 0 Å². The first-order valence-electron chi connectivity index (χ1n) is 12.3. The number of nitrogens with zero attached hydrogens (tertiary/aromatic N) is 1. The van der Waals surface area contributed by atoms with Crippen LogP contribution in [-0.4, -0.2) is 6.04 Å². The molecular formula is C33H25N3O. The Balaban J connectivity index is 1.45. The summed E-state index contributed by atoms with van der Waals surface area (Å²) >= 11 is 0. The molecule has 0 saturated carbocycles. The molecule has 0 spiro atoms. The summed E-state index contributed by atoms with van der Waals surface area (Å²) in [4.78, 5) is 0. The minimum atomic E-state index is -0.0723. The molecule has 1 atom stereocenters. The molecule has 1 aromatic heterocycles. The minimum absolute atomic E-state index is 0.0723. The maximum Gasteiger partial charge on any atom is 0.136 e. The molecule has 178 valence electrons. The summed E-state index contributed by atoms with van der Waals surface area (Å²) in [6.45, 7) is 0. The lowest BCUT2D eigenvalue weighted by molar-refractivity contribution is 0.669. The van der Waals surface area contributed by atoms with E-state index in [0.29, 0.717) is 6.42 Å². The molecule has 5 aromatic rings. The number of hydrogen-bond donors (Lipinski definition) is 2. The van der Waals surface area contributed by atoms with Gasteiger partial charge in [0, 0.05) is 22.0 Å². The fraction of sp³-hybridized carbons (Fsp3) is 0.0606. The molecule has 0 amide bonds. The van der Waals surface area contributed by atoms with Gasteiger partial charge in [-0.15, -0.1) is 0 Å². The molecular weight excluding hydrogens is 454 g/mol. The lowest BCUT2D eigenvalue weighted by Crippen LogP contribution is -2.29. The fourth-order valence-electron chi connectivity index (χ4n) is 5.14. The van der Waals surface area contributed by atoms with Crippen molar-refractivity contribution in [1.29, 1.82) is 5.26 Å². The maximum absolute atomic E-state index is 9.01. The number of nitrogens with two attached hydrogens (primary N) is 1. The van der Waals surface area contributed by atoms with Gasteiger partial charge in [0.15, 0.2) is 0 Å². The van der Waals surface area contributed by atoms with Crippen molar-refractivity contribution in [3.63, 3.8) is 0 Å². The van der Waals surface area contributed by atoms with Gasteiger partial charge in [-0.3, -0.25) is 0 Å². The van der Waals surface area contributed by atoms with Crippen LogP contribution in [0.2, 0.25) is 0 Å². The summed E-state index contributed by atoms with van der Waals surface area (Å²) in [5.41, 5.74) is 12.7. The summed E-state index contributed by atoms with van der Waals surface area (Å²) < 4.78 is 6.47. The monoisotopic (exact) mass is 479 g/mol. The normalized spacial score (nSPS) is 15.8. The molecule has 0 radical (unpaired) electrons. The Labute approximate surface area is 215 Å². The summed E-state index contributed by atoms with van der Waals surface area (Å²) in [6.07, 6.45) is 11.7. The van der Waals surface area contributed by atoms with Crippen molar-refractivity contribution in [3.05, 3.63) is 127 Å². The highest BCUT2D eigenvalue weighted by Gasteiger charge is 2.18. The topological polar surface area (TPSA) is 75.0 Å². The SMILES string of the molecule is N#CC/C=C(\C=C/N)C1C=CC=C(c2ccc3c(c2)oc2cc(-c4ccccc4)c4ccccc4c23)N1. The van der Waals surface area contributed by atoms with Crippen LogP contribution in [0.4, 0.5) is 0 Å². The van der Waals surface area contributed by atoms with E-state index in [1.165, 1.54) is 22.5 Å². The zero-order valence-electron chi connectivity index (χ0n) is 20.2. The number of fused-ring (bicyclic) bond motifs is 5. The zero-order valence-corrected chi connectivity index (χ0v) is 20.2. The molecule has 3 N–H and O–H groups in total. The average molecular weight is 480 g/mol. The van der Waals surface area contributed by atoms with E-state index >= 15 is 0 Å². The molecule has 1 aliphatic heterocycles. The van der Waals surface area contributed by atoms with Gasteiger partial charge < -0.3 is 15.5 Å². The van der Waals surface area contributed by atoms with Crippen LogP contribution < -0.4 is 11.1 Å². The Morgan fingerprint density at radius 3 is 2.54 bits per heavy atom. The van der Waals surface area contributed by atoms with Crippen molar-refractivity contribution in [2.75, 3.05) is 0 Å². The molecule has 6 rings (SSSR count). The van der Waals surface area contributed by atoms with E-state index in [0.717, 1.165) is 44.3 Å². The highest BCUT2D eigenvalue weighted by Crippen LogP contribution is 2.40. The van der Waals surface area contributed by atoms with Crippen LogP contribution in [0, 0.1) is 11.3 Å². The van der Waals surface area contributed by atoms with Crippen LogP contribution in [-0.2, 0) is 0 Å². The van der Waals surface area contributed by atoms with Gasteiger partial charge in [-0.05, 0) is 64.0 Å². The van der Waals surface area contributed by atoms with Gasteiger partial charge in [-0.1, -0.05) is 78.9 Å². The van der Waals surface area contributed by atoms with Crippen LogP contribution in [0.15, 0.2) is 125 Å². The van der Waals surface area contributed by atoms with E-state index in [9.17, 15) is 0 Å². The Morgan fingerprint density at radius 1 is 0.919 bits per heavy atom. The van der Waals surface area contributed by atoms with Crippen molar-refractivity contribution in [1.82, 2.24) is 5.32 Å². The Morgan fingerprint density at radius 2 is 1.73 bits per heavy atom. The van der Waals surface area contributed by atoms with Gasteiger partial charge in [0.25, 0.3) is 0 Å². The number of dihydropyridines is 1. The Bertz CT molecular complexity index is 1800. The first-order chi connectivity index (χ1) is 18.3. The lowest BCUT2D eigenvalue weighted by atomic mass is 9.94. The predicted molar refractivity (Wildman–Crippen MR) is 152 cm³/mol. The third-order valence-corrected chi connectivity index (χ3v) is 6.83. The van der Waals surface area contributed by atoms with Gasteiger partial charge in [0.05, 0.1) is 18.5 Å². The second-order valence-electron chi connectivity index (χ2n) is 9.03. The molecule has 0 bridgehead atoms. The summed E-state index contributed by atoms with van der Waals surface area (Å²) in [5, 5.41) is 17.2. The van der Waals surface area contributed by atoms with E-state index in [1.807, 2.05) is 24.3 Å². The molecule has 37 heavy (non-hydrogen) atoms. The molecule has 0 saturated heterocycles. The first kappa shape index (κ1) is 22.5. The van der Waals surface area contributed by atoms with E-state index in [-0.39, 0.29) is 6.04 Å². The molecule has 4 nitrogen and oxygen atoms in total. The first-order valence-corrected chi connectivity index (χ1v) is 12.3. The number of rotatable bonds is 5. The van der Waals surface area contributed by atoms with E-state index < -0.39 is 0 Å². The number of nitriles is 1. The Hall–Kier alpha value is -5.01. The van der Waals surface area contributed by atoms with E-state index in [4.69, 9.17) is 15.4 Å². The molecule has 4 heteroatoms. The van der Waals surface area contributed by atoms with Gasteiger partial charge in [0.1, 0.15) is 11.2 Å². The van der Waals surface area contributed by atoms with Crippen molar-refractivity contribution in [2.45, 2.75) is 12.5 Å². The number of allylic oxidation sites excluding steroid dienone is 3. The number of nitrogens with one attached hydrogen (secondary N) is 1. The summed E-state index contributed by atoms with van der Waals surface area (Å²) in [6, 6.07) is 29.6. The highest BCUT2D eigenvalue weighted by atomic mass is 16.3. The minimum Gasteiger partial charge on any atom is -0.456 e. The highest BCUT2D eigenvalue weighted by molar-refractivity contribution is 6.22. The molecule has 4 aromatic carbocycles. The molecule has 0 aliphatic carbocycles. The average Bonchev–Trinajstić information content (AvgIpc) is 3.33. The smallest absolute Gasteiger partial charge is 0.136 e. The second-order valence-corrected chi connectivity index (χ2v) is 9.03. The third-order valence-electron chi connectivity index (χ3n) is 6.83. The molecule has 1 unspecified atom stereocenters. The standard InChI is InChI=1S/C33H25N3O/c34-18-7-10-23(17-19-35)29-13-6-14-30(36-29)24-15-16-27-31(20-24)37-32-21-28(22-8-2-1-3-9-22)25-11-4-5-12-26(25)33(27)32/h1-6,8-17,19-21,29,36H,7,35H2/b19-17-,23-10+. The quantitative estimate of drug-likeness (QED) is 0.255. The number of furan rings is 1. The molecule has 1 aliphatic rings. The van der Waals surface area contributed by atoms with Crippen LogP contribution in [0.1, 0.15) is 12.0 Å². The van der Waals surface area contributed by atoms with Crippen molar-refractivity contribution >= 4 is 38.4 Å². The van der Waals surface area contributed by atoms with Crippen LogP contribution in [0.3, 0.4) is 0 Å². The fourth-order valence-corrected chi connectivity index (χ4v) is 5.14. The molecule has 0 fully saturated rings. The Kier molecular flexibility index (Phi) is 5.80. The number of hydrogen-bond acceptors (Lipinski definition) is 4. The third kappa shape index (κ3) is 4.07. The van der Waals surface area contributed by atoms with Crippen molar-refractivity contribution < 1.29 is 4.42 Å². The predicted octanol–water partition coefficient (Wildman–Crippen LogP) is 7.59. The lowest BCUT2D eigenvalue weighted by Gasteiger charge is -2.23.